The molecule has 0 saturated carbocycles. The first-order chi connectivity index (χ1) is 11.6. The minimum atomic E-state index is -0.501. The van der Waals surface area contributed by atoms with Gasteiger partial charge in [0.1, 0.15) is 17.8 Å². The molecule has 0 amide bonds. The van der Waals surface area contributed by atoms with E-state index in [2.05, 4.69) is 10.2 Å². The summed E-state index contributed by atoms with van der Waals surface area (Å²) in [6.45, 7) is 0.128. The zero-order valence-corrected chi connectivity index (χ0v) is 13.7. The SMILES string of the molecule is O=c1cc(CSc2nnc(COc3ccc(Cl)cc3)o2)occ1O. The fourth-order valence-electron chi connectivity index (χ4n) is 1.68. The van der Waals surface area contributed by atoms with Crippen LogP contribution in [-0.2, 0) is 12.4 Å². The molecule has 0 unspecified atom stereocenters. The maximum atomic E-state index is 11.3. The van der Waals surface area contributed by atoms with E-state index in [1.807, 2.05) is 0 Å². The van der Waals surface area contributed by atoms with Gasteiger partial charge < -0.3 is 18.7 Å². The largest absolute Gasteiger partial charge is 0.502 e. The van der Waals surface area contributed by atoms with Crippen molar-refractivity contribution >= 4 is 23.4 Å². The van der Waals surface area contributed by atoms with Crippen LogP contribution in [-0.4, -0.2) is 15.3 Å². The highest BCUT2D eigenvalue weighted by Gasteiger charge is 2.09. The van der Waals surface area contributed by atoms with Gasteiger partial charge in [-0.3, -0.25) is 4.79 Å². The second-order valence-corrected chi connectivity index (χ2v) is 5.95. The Hall–Kier alpha value is -2.45. The molecule has 0 aliphatic heterocycles. The third kappa shape index (κ3) is 4.30. The van der Waals surface area contributed by atoms with E-state index >= 15 is 0 Å². The monoisotopic (exact) mass is 366 g/mol. The molecule has 9 heteroatoms. The molecule has 0 saturated heterocycles. The third-order valence-corrected chi connectivity index (χ3v) is 3.92. The molecule has 124 valence electrons. The minimum Gasteiger partial charge on any atom is -0.502 e. The van der Waals surface area contributed by atoms with Crippen molar-refractivity contribution < 1.29 is 18.7 Å². The Bertz CT molecular complexity index is 878. The van der Waals surface area contributed by atoms with Crippen molar-refractivity contribution in [2.45, 2.75) is 17.6 Å². The van der Waals surface area contributed by atoms with Gasteiger partial charge >= 0.3 is 0 Å². The molecule has 1 aromatic carbocycles. The molecule has 0 aliphatic rings. The lowest BCUT2D eigenvalue weighted by Gasteiger charge is -2.02. The first kappa shape index (κ1) is 16.4. The molecule has 0 aliphatic carbocycles. The van der Waals surface area contributed by atoms with Crippen LogP contribution >= 0.6 is 23.4 Å². The molecule has 3 rings (SSSR count). The zero-order valence-electron chi connectivity index (χ0n) is 12.1. The lowest BCUT2D eigenvalue weighted by molar-refractivity contribution is 0.252. The van der Waals surface area contributed by atoms with Gasteiger partial charge in [-0.15, -0.1) is 10.2 Å². The topological polar surface area (TPSA) is 98.6 Å². The number of benzene rings is 1. The third-order valence-electron chi connectivity index (χ3n) is 2.83. The number of thioether (sulfide) groups is 1. The zero-order chi connectivity index (χ0) is 16.9. The van der Waals surface area contributed by atoms with Crippen molar-refractivity contribution in [2.24, 2.45) is 0 Å². The van der Waals surface area contributed by atoms with E-state index in [0.717, 1.165) is 6.26 Å². The first-order valence-electron chi connectivity index (χ1n) is 6.74. The van der Waals surface area contributed by atoms with Gasteiger partial charge in [0.05, 0.1) is 5.75 Å². The highest BCUT2D eigenvalue weighted by molar-refractivity contribution is 7.98. The Kier molecular flexibility index (Phi) is 5.07. The van der Waals surface area contributed by atoms with Gasteiger partial charge in [-0.2, -0.15) is 0 Å². The van der Waals surface area contributed by atoms with Crippen LogP contribution in [0.15, 0.2) is 55.4 Å². The minimum absolute atomic E-state index is 0.128. The van der Waals surface area contributed by atoms with Crippen molar-refractivity contribution in [3.05, 3.63) is 63.5 Å². The molecule has 2 aromatic heterocycles. The Morgan fingerprint density at radius 1 is 1.25 bits per heavy atom. The molecule has 3 aromatic rings. The van der Waals surface area contributed by atoms with Crippen LogP contribution in [0, 0.1) is 0 Å². The predicted octanol–water partition coefficient (Wildman–Crippen LogP) is 3.25. The Labute approximate surface area is 145 Å². The van der Waals surface area contributed by atoms with Gasteiger partial charge in [-0.25, -0.2) is 0 Å². The van der Waals surface area contributed by atoms with Crippen LogP contribution in [0.4, 0.5) is 0 Å². The average Bonchev–Trinajstić information content (AvgIpc) is 3.03. The predicted molar refractivity (Wildman–Crippen MR) is 86.3 cm³/mol. The van der Waals surface area contributed by atoms with Crippen LogP contribution in [0.25, 0.3) is 0 Å². The quantitative estimate of drug-likeness (QED) is 0.664. The van der Waals surface area contributed by atoms with E-state index in [0.29, 0.717) is 33.4 Å². The van der Waals surface area contributed by atoms with Crippen molar-refractivity contribution in [3.8, 4) is 11.5 Å². The van der Waals surface area contributed by atoms with E-state index < -0.39 is 11.2 Å². The maximum Gasteiger partial charge on any atom is 0.277 e. The van der Waals surface area contributed by atoms with Crippen LogP contribution < -0.4 is 10.2 Å². The van der Waals surface area contributed by atoms with Crippen molar-refractivity contribution in [1.29, 1.82) is 0 Å². The number of halogens is 1. The summed E-state index contributed by atoms with van der Waals surface area (Å²) in [4.78, 5) is 11.3. The van der Waals surface area contributed by atoms with Gasteiger partial charge in [0, 0.05) is 11.1 Å². The Balaban J connectivity index is 1.54. The van der Waals surface area contributed by atoms with Crippen LogP contribution in [0.2, 0.25) is 5.02 Å². The molecule has 0 spiro atoms. The Morgan fingerprint density at radius 2 is 2.04 bits per heavy atom. The smallest absolute Gasteiger partial charge is 0.277 e. The van der Waals surface area contributed by atoms with Gasteiger partial charge in [0.2, 0.25) is 5.43 Å². The summed E-state index contributed by atoms with van der Waals surface area (Å²) >= 11 is 7.00. The molecule has 0 bridgehead atoms. The standard InChI is InChI=1S/C15H11ClN2O5S/c16-9-1-3-10(4-2-9)22-7-14-17-18-15(23-14)24-8-11-5-12(19)13(20)6-21-11/h1-6,20H,7-8H2. The summed E-state index contributed by atoms with van der Waals surface area (Å²) in [7, 11) is 0. The molecule has 0 radical (unpaired) electrons. The number of aromatic hydroxyl groups is 1. The molecular weight excluding hydrogens is 356 g/mol. The number of hydrogen-bond acceptors (Lipinski definition) is 8. The van der Waals surface area contributed by atoms with Gasteiger partial charge in [0.25, 0.3) is 11.1 Å². The summed E-state index contributed by atoms with van der Waals surface area (Å²) in [5.41, 5.74) is -0.501. The molecule has 0 atom stereocenters. The van der Waals surface area contributed by atoms with E-state index in [1.54, 1.807) is 24.3 Å². The molecule has 2 heterocycles. The van der Waals surface area contributed by atoms with Gasteiger partial charge in [-0.05, 0) is 24.3 Å². The molecular formula is C15H11ClN2O5S. The normalized spacial score (nSPS) is 10.7. The number of rotatable bonds is 6. The summed E-state index contributed by atoms with van der Waals surface area (Å²) in [6.07, 6.45) is 0.997. The van der Waals surface area contributed by atoms with Gasteiger partial charge in [0.15, 0.2) is 12.4 Å². The maximum absolute atomic E-state index is 11.3. The highest BCUT2D eigenvalue weighted by Crippen LogP contribution is 2.22. The lowest BCUT2D eigenvalue weighted by Crippen LogP contribution is -1.99. The van der Waals surface area contributed by atoms with E-state index in [4.69, 9.17) is 30.3 Å². The van der Waals surface area contributed by atoms with Crippen molar-refractivity contribution in [2.75, 3.05) is 0 Å². The lowest BCUT2D eigenvalue weighted by atomic mass is 10.3. The van der Waals surface area contributed by atoms with Crippen molar-refractivity contribution in [1.82, 2.24) is 10.2 Å². The van der Waals surface area contributed by atoms with Gasteiger partial charge in [-0.1, -0.05) is 23.4 Å². The number of aromatic nitrogens is 2. The van der Waals surface area contributed by atoms with Crippen LogP contribution in [0.5, 0.6) is 11.5 Å². The Morgan fingerprint density at radius 3 is 2.79 bits per heavy atom. The van der Waals surface area contributed by atoms with Crippen LogP contribution in [0.3, 0.4) is 0 Å². The second kappa shape index (κ2) is 7.41. The van der Waals surface area contributed by atoms with Crippen LogP contribution in [0.1, 0.15) is 11.7 Å². The van der Waals surface area contributed by atoms with E-state index in [1.165, 1.54) is 17.8 Å². The first-order valence-corrected chi connectivity index (χ1v) is 8.11. The average molecular weight is 367 g/mol. The van der Waals surface area contributed by atoms with Crippen molar-refractivity contribution in [3.63, 3.8) is 0 Å². The van der Waals surface area contributed by atoms with E-state index in [-0.39, 0.29) is 6.61 Å². The van der Waals surface area contributed by atoms with E-state index in [9.17, 15) is 4.79 Å². The highest BCUT2D eigenvalue weighted by atomic mass is 35.5. The summed E-state index contributed by atoms with van der Waals surface area (Å²) < 4.78 is 16.0. The summed E-state index contributed by atoms with van der Waals surface area (Å²) in [6, 6.07) is 8.13. The second-order valence-electron chi connectivity index (χ2n) is 4.59. The fourth-order valence-corrected chi connectivity index (χ4v) is 2.48. The number of nitrogens with zero attached hydrogens (tertiary/aromatic N) is 2. The fraction of sp³-hybridized carbons (Fsp3) is 0.133. The molecule has 24 heavy (non-hydrogen) atoms. The molecule has 1 N–H and O–H groups in total. The molecule has 0 fully saturated rings. The summed E-state index contributed by atoms with van der Waals surface area (Å²) in [5, 5.41) is 17.8. The summed E-state index contributed by atoms with van der Waals surface area (Å²) in [5.74, 6) is 1.23. The molecule has 7 nitrogen and oxygen atoms in total. The number of hydrogen-bond donors (Lipinski definition) is 1. The number of ether oxygens (including phenoxy) is 1.